The molecule has 5 nitrogen and oxygen atoms in total. The molecule has 1 aromatic rings. The second-order valence-electron chi connectivity index (χ2n) is 5.55. The molecule has 1 amide bonds. The molecule has 0 aliphatic carbocycles. The van der Waals surface area contributed by atoms with E-state index >= 15 is 0 Å². The Morgan fingerprint density at radius 1 is 1.37 bits per heavy atom. The minimum absolute atomic E-state index is 0.296. The molecule has 19 heavy (non-hydrogen) atoms. The van der Waals surface area contributed by atoms with Gasteiger partial charge in [0.05, 0.1) is 6.33 Å². The summed E-state index contributed by atoms with van der Waals surface area (Å²) in [6.45, 7) is 2.78. The van der Waals surface area contributed by atoms with E-state index in [0.29, 0.717) is 24.4 Å². The first kappa shape index (κ1) is 12.7. The maximum atomic E-state index is 12.4. The Balaban J connectivity index is 1.55. The average molecular weight is 262 g/mol. The molecule has 0 bridgehead atoms. The van der Waals surface area contributed by atoms with Gasteiger partial charge in [0.25, 0.3) is 0 Å². The van der Waals surface area contributed by atoms with E-state index in [4.69, 9.17) is 0 Å². The molecule has 0 saturated carbocycles. The predicted molar refractivity (Wildman–Crippen MR) is 72.6 cm³/mol. The van der Waals surface area contributed by atoms with Crippen molar-refractivity contribution >= 4 is 5.91 Å². The molecule has 104 valence electrons. The van der Waals surface area contributed by atoms with Gasteiger partial charge in [0.2, 0.25) is 5.91 Å². The first-order chi connectivity index (χ1) is 9.34. The summed E-state index contributed by atoms with van der Waals surface area (Å²) in [5, 5.41) is 3.54. The number of imidazole rings is 1. The van der Waals surface area contributed by atoms with Crippen LogP contribution in [-0.4, -0.2) is 45.5 Å². The number of aromatic nitrogens is 2. The van der Waals surface area contributed by atoms with Crippen molar-refractivity contribution in [3.05, 3.63) is 18.7 Å². The normalized spacial score (nSPS) is 27.1. The van der Waals surface area contributed by atoms with E-state index in [1.165, 1.54) is 12.8 Å². The van der Waals surface area contributed by atoms with Crippen LogP contribution in [0.1, 0.15) is 32.1 Å². The maximum absolute atomic E-state index is 12.4. The van der Waals surface area contributed by atoms with Crippen LogP contribution in [0.25, 0.3) is 0 Å². The summed E-state index contributed by atoms with van der Waals surface area (Å²) in [6, 6.07) is 0.956. The zero-order valence-electron chi connectivity index (χ0n) is 11.3. The molecule has 2 aliphatic rings. The molecular weight excluding hydrogens is 240 g/mol. The van der Waals surface area contributed by atoms with Gasteiger partial charge in [-0.2, -0.15) is 0 Å². The van der Waals surface area contributed by atoms with E-state index < -0.39 is 0 Å². The average Bonchev–Trinajstić information content (AvgIpc) is 3.14. The van der Waals surface area contributed by atoms with E-state index in [0.717, 1.165) is 32.5 Å². The fraction of sp³-hybridized carbons (Fsp3) is 0.714. The lowest BCUT2D eigenvalue weighted by atomic mass is 10.0. The summed E-state index contributed by atoms with van der Waals surface area (Å²) in [5.41, 5.74) is 0. The van der Waals surface area contributed by atoms with Gasteiger partial charge in [-0.25, -0.2) is 4.98 Å². The first-order valence-corrected chi connectivity index (χ1v) is 7.33. The molecular formula is C14H22N4O. The number of hydrogen-bond acceptors (Lipinski definition) is 3. The van der Waals surface area contributed by atoms with Crippen LogP contribution in [0.3, 0.4) is 0 Å². The largest absolute Gasteiger partial charge is 0.338 e. The first-order valence-electron chi connectivity index (χ1n) is 7.33. The third-order valence-corrected chi connectivity index (χ3v) is 4.33. The minimum Gasteiger partial charge on any atom is -0.338 e. The van der Waals surface area contributed by atoms with Crippen molar-refractivity contribution in [2.45, 2.75) is 50.7 Å². The molecule has 5 heteroatoms. The molecule has 0 radical (unpaired) electrons. The topological polar surface area (TPSA) is 50.2 Å². The Morgan fingerprint density at radius 2 is 2.32 bits per heavy atom. The summed E-state index contributed by atoms with van der Waals surface area (Å²) in [5.74, 6) is 0.296. The summed E-state index contributed by atoms with van der Waals surface area (Å²) in [7, 11) is 0. The van der Waals surface area contributed by atoms with E-state index in [1.54, 1.807) is 12.5 Å². The van der Waals surface area contributed by atoms with Crippen molar-refractivity contribution in [2.75, 3.05) is 13.1 Å². The number of carbonyl (C=O) groups excluding carboxylic acids is 1. The standard InChI is InChI=1S/C14H22N4O/c19-14(5-9-17-10-7-15-11-17)18-8-2-4-13(18)12-3-1-6-16-12/h7,10-13,16H,1-6,8-9H2. The lowest BCUT2D eigenvalue weighted by molar-refractivity contribution is -0.132. The van der Waals surface area contributed by atoms with Gasteiger partial charge < -0.3 is 14.8 Å². The van der Waals surface area contributed by atoms with E-state index in [2.05, 4.69) is 15.2 Å². The molecule has 2 saturated heterocycles. The molecule has 0 aromatic carbocycles. The van der Waals surface area contributed by atoms with Crippen molar-refractivity contribution in [1.29, 1.82) is 0 Å². The number of nitrogens with zero attached hydrogens (tertiary/aromatic N) is 3. The number of aryl methyl sites for hydroxylation is 1. The maximum Gasteiger partial charge on any atom is 0.224 e. The van der Waals surface area contributed by atoms with Crippen LogP contribution in [-0.2, 0) is 11.3 Å². The summed E-state index contributed by atoms with van der Waals surface area (Å²) < 4.78 is 1.97. The van der Waals surface area contributed by atoms with Crippen LogP contribution in [0.4, 0.5) is 0 Å². The van der Waals surface area contributed by atoms with Gasteiger partial charge >= 0.3 is 0 Å². The van der Waals surface area contributed by atoms with Crippen molar-refractivity contribution in [2.24, 2.45) is 0 Å². The minimum atomic E-state index is 0.296. The highest BCUT2D eigenvalue weighted by Crippen LogP contribution is 2.25. The summed E-state index contributed by atoms with van der Waals surface area (Å²) >= 11 is 0. The molecule has 2 aliphatic heterocycles. The van der Waals surface area contributed by atoms with Gasteiger partial charge in [0.1, 0.15) is 0 Å². The molecule has 2 unspecified atom stereocenters. The van der Waals surface area contributed by atoms with Gasteiger partial charge in [-0.3, -0.25) is 4.79 Å². The second-order valence-corrected chi connectivity index (χ2v) is 5.55. The van der Waals surface area contributed by atoms with Crippen LogP contribution < -0.4 is 5.32 Å². The van der Waals surface area contributed by atoms with Crippen LogP contribution in [0.15, 0.2) is 18.7 Å². The van der Waals surface area contributed by atoms with Gasteiger partial charge in [-0.15, -0.1) is 0 Å². The fourth-order valence-electron chi connectivity index (χ4n) is 3.35. The molecule has 3 heterocycles. The number of nitrogens with one attached hydrogen (secondary N) is 1. The van der Waals surface area contributed by atoms with Gasteiger partial charge in [0.15, 0.2) is 0 Å². The van der Waals surface area contributed by atoms with Crippen LogP contribution in [0, 0.1) is 0 Å². The molecule has 3 rings (SSSR count). The second kappa shape index (κ2) is 5.74. The zero-order valence-corrected chi connectivity index (χ0v) is 11.3. The van der Waals surface area contributed by atoms with Gasteiger partial charge in [-0.05, 0) is 32.2 Å². The van der Waals surface area contributed by atoms with Crippen molar-refractivity contribution in [3.63, 3.8) is 0 Å². The van der Waals surface area contributed by atoms with Crippen LogP contribution in [0.5, 0.6) is 0 Å². The molecule has 2 fully saturated rings. The van der Waals surface area contributed by atoms with Crippen molar-refractivity contribution < 1.29 is 4.79 Å². The van der Waals surface area contributed by atoms with Crippen molar-refractivity contribution in [3.8, 4) is 0 Å². The van der Waals surface area contributed by atoms with Gasteiger partial charge in [0, 0.05) is 44.0 Å². The zero-order chi connectivity index (χ0) is 13.1. The SMILES string of the molecule is O=C(CCn1ccnc1)N1CCCC1C1CCCN1. The Bertz CT molecular complexity index is 411. The quantitative estimate of drug-likeness (QED) is 0.881. The highest BCUT2D eigenvalue weighted by Gasteiger charge is 2.35. The molecule has 0 spiro atoms. The van der Waals surface area contributed by atoms with E-state index in [9.17, 15) is 4.79 Å². The Hall–Kier alpha value is -1.36. The lowest BCUT2D eigenvalue weighted by Gasteiger charge is -2.29. The Labute approximate surface area is 114 Å². The number of hydrogen-bond donors (Lipinski definition) is 1. The monoisotopic (exact) mass is 262 g/mol. The molecule has 1 N–H and O–H groups in total. The number of likely N-dealkylation sites (tertiary alicyclic amines) is 1. The highest BCUT2D eigenvalue weighted by atomic mass is 16.2. The smallest absolute Gasteiger partial charge is 0.224 e. The van der Waals surface area contributed by atoms with Crippen molar-refractivity contribution in [1.82, 2.24) is 19.8 Å². The van der Waals surface area contributed by atoms with Gasteiger partial charge in [-0.1, -0.05) is 0 Å². The molecule has 2 atom stereocenters. The van der Waals surface area contributed by atoms with E-state index in [-0.39, 0.29) is 0 Å². The molecule has 1 aromatic heterocycles. The Kier molecular flexibility index (Phi) is 3.82. The third kappa shape index (κ3) is 2.81. The number of carbonyl (C=O) groups is 1. The highest BCUT2D eigenvalue weighted by molar-refractivity contribution is 5.76. The van der Waals surface area contributed by atoms with Crippen LogP contribution >= 0.6 is 0 Å². The van der Waals surface area contributed by atoms with E-state index in [1.807, 2.05) is 10.8 Å². The fourth-order valence-corrected chi connectivity index (χ4v) is 3.35. The lowest BCUT2D eigenvalue weighted by Crippen LogP contribution is -2.46. The predicted octanol–water partition coefficient (Wildman–Crippen LogP) is 1.02. The number of amides is 1. The Morgan fingerprint density at radius 3 is 3.05 bits per heavy atom. The number of rotatable bonds is 4. The summed E-state index contributed by atoms with van der Waals surface area (Å²) in [4.78, 5) is 18.5. The summed E-state index contributed by atoms with van der Waals surface area (Å²) in [6.07, 6.45) is 10.8. The van der Waals surface area contributed by atoms with Crippen LogP contribution in [0.2, 0.25) is 0 Å². The third-order valence-electron chi connectivity index (χ3n) is 4.33.